The molecule has 0 spiro atoms. The molecule has 1 aliphatic heterocycles. The molecule has 1 heterocycles. The fourth-order valence-electron chi connectivity index (χ4n) is 1.08. The predicted molar refractivity (Wildman–Crippen MR) is 34.2 cm³/mol. The van der Waals surface area contributed by atoms with Crippen LogP contribution in [0.15, 0.2) is 0 Å². The molecule has 1 fully saturated rings. The molecule has 1 nitrogen and oxygen atoms in total. The van der Waals surface area contributed by atoms with Crippen LogP contribution in [0.1, 0.15) is 12.8 Å². The summed E-state index contributed by atoms with van der Waals surface area (Å²) in [5.74, 6) is 0.847. The highest BCUT2D eigenvalue weighted by Gasteiger charge is 2.14. The third kappa shape index (κ3) is 0.971. The first kappa shape index (κ1) is 5.17. The molecular formula is C5H12BN. The quantitative estimate of drug-likeness (QED) is 0.374. The predicted octanol–water partition coefficient (Wildman–Crippen LogP) is -0.329. The third-order valence-electron chi connectivity index (χ3n) is 1.89. The van der Waals surface area contributed by atoms with Crippen LogP contribution in [-0.2, 0) is 0 Å². The molecule has 0 radical (unpaired) electrons. The largest absolute Gasteiger partial charge is 0.311 e. The van der Waals surface area contributed by atoms with Gasteiger partial charge in [0.2, 0.25) is 0 Å². The first-order valence-electron chi connectivity index (χ1n) is 3.01. The summed E-state index contributed by atoms with van der Waals surface area (Å²) < 4.78 is 0. The van der Waals surface area contributed by atoms with Gasteiger partial charge in [0.15, 0.2) is 0 Å². The van der Waals surface area contributed by atoms with Crippen molar-refractivity contribution in [2.75, 3.05) is 13.6 Å². The average molecular weight is 97.0 g/mol. The van der Waals surface area contributed by atoms with Gasteiger partial charge in [-0.2, -0.15) is 0 Å². The second-order valence-electron chi connectivity index (χ2n) is 2.47. The Kier molecular flexibility index (Phi) is 1.38. The highest BCUT2D eigenvalue weighted by Crippen LogP contribution is 2.09. The van der Waals surface area contributed by atoms with Gasteiger partial charge in [-0.15, -0.1) is 0 Å². The van der Waals surface area contributed by atoms with Gasteiger partial charge in [0.1, 0.15) is 7.85 Å². The minimum atomic E-state index is 0.847. The van der Waals surface area contributed by atoms with Crippen molar-refractivity contribution < 1.29 is 0 Å². The van der Waals surface area contributed by atoms with Crippen LogP contribution in [0.5, 0.6) is 0 Å². The average Bonchev–Trinajstić information content (AvgIpc) is 1.91. The van der Waals surface area contributed by atoms with Crippen molar-refractivity contribution >= 4 is 7.85 Å². The van der Waals surface area contributed by atoms with Crippen molar-refractivity contribution in [3.8, 4) is 0 Å². The molecule has 0 saturated carbocycles. The monoisotopic (exact) mass is 97.1 g/mol. The molecule has 40 valence electrons. The van der Waals surface area contributed by atoms with Gasteiger partial charge in [-0.1, -0.05) is 0 Å². The molecule has 0 aromatic rings. The van der Waals surface area contributed by atoms with Gasteiger partial charge in [-0.3, -0.25) is 0 Å². The summed E-state index contributed by atoms with van der Waals surface area (Å²) in [6.07, 6.45) is 2.80. The summed E-state index contributed by atoms with van der Waals surface area (Å²) in [7, 11) is 4.48. The summed E-state index contributed by atoms with van der Waals surface area (Å²) in [6.45, 7) is 1.31. The van der Waals surface area contributed by atoms with Crippen molar-refractivity contribution in [3.05, 3.63) is 0 Å². The molecule has 1 aliphatic rings. The van der Waals surface area contributed by atoms with Crippen molar-refractivity contribution in [1.29, 1.82) is 0 Å². The van der Waals surface area contributed by atoms with Crippen LogP contribution in [0.4, 0.5) is 0 Å². The van der Waals surface area contributed by atoms with E-state index in [9.17, 15) is 0 Å². The summed E-state index contributed by atoms with van der Waals surface area (Å²) in [6, 6.07) is 0. The molecule has 0 aliphatic carbocycles. The Morgan fingerprint density at radius 3 is 2.57 bits per heavy atom. The van der Waals surface area contributed by atoms with E-state index in [0.717, 1.165) is 5.94 Å². The first-order valence-corrected chi connectivity index (χ1v) is 3.01. The molecule has 0 aromatic heterocycles. The summed E-state index contributed by atoms with van der Waals surface area (Å²) >= 11 is 0. The third-order valence-corrected chi connectivity index (χ3v) is 1.89. The van der Waals surface area contributed by atoms with E-state index < -0.39 is 0 Å². The standard InChI is InChI=1S/C5H12BN/c1-7-4-2-3-5(7)6/h5H,2-4,6H2,1H3. The van der Waals surface area contributed by atoms with Crippen molar-refractivity contribution in [3.63, 3.8) is 0 Å². The van der Waals surface area contributed by atoms with Gasteiger partial charge in [-0.05, 0) is 32.4 Å². The Bertz CT molecular complexity index is 57.1. The minimum absolute atomic E-state index is 0.847. The van der Waals surface area contributed by atoms with Crippen molar-refractivity contribution in [2.45, 2.75) is 18.8 Å². The Hall–Kier alpha value is 0.0249. The van der Waals surface area contributed by atoms with Gasteiger partial charge in [0.05, 0.1) is 0 Å². The van der Waals surface area contributed by atoms with Crippen LogP contribution in [-0.4, -0.2) is 32.3 Å². The van der Waals surface area contributed by atoms with Crippen LogP contribution >= 0.6 is 0 Å². The molecule has 7 heavy (non-hydrogen) atoms. The smallest absolute Gasteiger partial charge is 0.123 e. The van der Waals surface area contributed by atoms with Gasteiger partial charge < -0.3 is 4.90 Å². The van der Waals surface area contributed by atoms with Gasteiger partial charge in [0, 0.05) is 0 Å². The highest BCUT2D eigenvalue weighted by molar-refractivity contribution is 6.11. The summed E-state index contributed by atoms with van der Waals surface area (Å²) in [5, 5.41) is 0. The van der Waals surface area contributed by atoms with Crippen LogP contribution in [0.3, 0.4) is 0 Å². The van der Waals surface area contributed by atoms with Crippen LogP contribution in [0.25, 0.3) is 0 Å². The molecule has 1 unspecified atom stereocenters. The molecule has 1 saturated heterocycles. The number of hydrogen-bond donors (Lipinski definition) is 0. The minimum Gasteiger partial charge on any atom is -0.311 e. The second kappa shape index (κ2) is 1.87. The fraction of sp³-hybridized carbons (Fsp3) is 1.00. The Balaban J connectivity index is 2.33. The van der Waals surface area contributed by atoms with Gasteiger partial charge >= 0.3 is 0 Å². The Morgan fingerprint density at radius 1 is 1.71 bits per heavy atom. The van der Waals surface area contributed by atoms with Crippen LogP contribution in [0.2, 0.25) is 0 Å². The van der Waals surface area contributed by atoms with Crippen molar-refractivity contribution in [2.24, 2.45) is 0 Å². The van der Waals surface area contributed by atoms with E-state index in [4.69, 9.17) is 0 Å². The Morgan fingerprint density at radius 2 is 2.43 bits per heavy atom. The molecule has 0 N–H and O–H groups in total. The molecule has 0 aromatic carbocycles. The number of likely N-dealkylation sites (tertiary alicyclic amines) is 1. The number of rotatable bonds is 0. The lowest BCUT2D eigenvalue weighted by molar-refractivity contribution is 0.385. The van der Waals surface area contributed by atoms with Gasteiger partial charge in [0.25, 0.3) is 0 Å². The fourth-order valence-corrected chi connectivity index (χ4v) is 1.08. The van der Waals surface area contributed by atoms with E-state index in [1.54, 1.807) is 0 Å². The Labute approximate surface area is 46.1 Å². The molecule has 1 rings (SSSR count). The number of hydrogen-bond acceptors (Lipinski definition) is 1. The van der Waals surface area contributed by atoms with Crippen LogP contribution < -0.4 is 0 Å². The maximum absolute atomic E-state index is 2.40. The van der Waals surface area contributed by atoms with E-state index >= 15 is 0 Å². The highest BCUT2D eigenvalue weighted by atomic mass is 15.1. The van der Waals surface area contributed by atoms with E-state index in [1.807, 2.05) is 0 Å². The maximum atomic E-state index is 2.40. The SMILES string of the molecule is BC1CCCN1C. The second-order valence-corrected chi connectivity index (χ2v) is 2.47. The topological polar surface area (TPSA) is 3.24 Å². The molecule has 2 heteroatoms. The number of nitrogens with zero attached hydrogens (tertiary/aromatic N) is 1. The first-order chi connectivity index (χ1) is 3.30. The summed E-state index contributed by atoms with van der Waals surface area (Å²) in [4.78, 5) is 2.40. The van der Waals surface area contributed by atoms with Crippen molar-refractivity contribution in [1.82, 2.24) is 4.90 Å². The zero-order valence-corrected chi connectivity index (χ0v) is 5.15. The van der Waals surface area contributed by atoms with E-state index in [0.29, 0.717) is 0 Å². The summed E-state index contributed by atoms with van der Waals surface area (Å²) in [5.41, 5.74) is 0. The lowest BCUT2D eigenvalue weighted by atomic mass is 9.95. The normalized spacial score (nSPS) is 34.1. The lowest BCUT2D eigenvalue weighted by Gasteiger charge is -2.12. The zero-order chi connectivity index (χ0) is 5.28. The zero-order valence-electron chi connectivity index (χ0n) is 5.15. The molecule has 0 amide bonds. The van der Waals surface area contributed by atoms with E-state index in [1.165, 1.54) is 19.4 Å². The van der Waals surface area contributed by atoms with Gasteiger partial charge in [-0.25, -0.2) is 0 Å². The molecular weight excluding hydrogens is 84.9 g/mol. The maximum Gasteiger partial charge on any atom is 0.123 e. The van der Waals surface area contributed by atoms with E-state index in [-0.39, 0.29) is 0 Å². The van der Waals surface area contributed by atoms with E-state index in [2.05, 4.69) is 19.8 Å². The lowest BCUT2D eigenvalue weighted by Crippen LogP contribution is -2.24. The molecule has 1 atom stereocenters. The van der Waals surface area contributed by atoms with Crippen LogP contribution in [0, 0.1) is 0 Å². The molecule has 0 bridgehead atoms.